The summed E-state index contributed by atoms with van der Waals surface area (Å²) in [5, 5.41) is 5.04. The lowest BCUT2D eigenvalue weighted by Crippen LogP contribution is -2.35. The number of hydrogen-bond acceptors (Lipinski definition) is 5. The maximum absolute atomic E-state index is 12.9. The molecule has 1 aliphatic rings. The largest absolute Gasteiger partial charge is 0.348 e. The molecule has 0 unspecified atom stereocenters. The molecule has 3 aromatic rings. The fourth-order valence-corrected chi connectivity index (χ4v) is 5.70. The number of nitrogens with one attached hydrogen (secondary N) is 1. The van der Waals surface area contributed by atoms with Crippen LogP contribution in [0, 0.1) is 13.8 Å². The van der Waals surface area contributed by atoms with E-state index in [2.05, 4.69) is 53.4 Å². The summed E-state index contributed by atoms with van der Waals surface area (Å²) in [4.78, 5) is 24.0. The Morgan fingerprint density at radius 1 is 1.30 bits per heavy atom. The Morgan fingerprint density at radius 2 is 2.11 bits per heavy atom. The number of carbonyl (C=O) groups excluding carboxylic acids is 1. The van der Waals surface area contributed by atoms with Gasteiger partial charge in [0.15, 0.2) is 0 Å². The average molecular weight is 398 g/mol. The molecule has 1 amide bonds. The number of thioether (sulfide) groups is 1. The summed E-state index contributed by atoms with van der Waals surface area (Å²) in [6.45, 7) is 6.16. The van der Waals surface area contributed by atoms with E-state index in [0.29, 0.717) is 0 Å². The van der Waals surface area contributed by atoms with Crippen molar-refractivity contribution in [2.75, 3.05) is 0 Å². The lowest BCUT2D eigenvalue weighted by molar-refractivity contribution is -0.121. The molecule has 0 saturated heterocycles. The molecule has 4 rings (SSSR count). The molecule has 0 radical (unpaired) electrons. The number of thiophene rings is 1. The molecule has 1 N–H and O–H groups in total. The lowest BCUT2D eigenvalue weighted by atomic mass is 9.88. The van der Waals surface area contributed by atoms with Gasteiger partial charge >= 0.3 is 0 Å². The highest BCUT2D eigenvalue weighted by atomic mass is 32.2. The third kappa shape index (κ3) is 3.60. The second kappa shape index (κ2) is 7.60. The van der Waals surface area contributed by atoms with Gasteiger partial charge in [-0.05, 0) is 56.7 Å². The molecule has 0 spiro atoms. The molecule has 0 aliphatic heterocycles. The number of aryl methyl sites for hydroxylation is 3. The van der Waals surface area contributed by atoms with Crippen molar-refractivity contribution in [3.8, 4) is 0 Å². The second-order valence-electron chi connectivity index (χ2n) is 7.05. The molecule has 1 aliphatic carbocycles. The first-order chi connectivity index (χ1) is 13.0. The van der Waals surface area contributed by atoms with Crippen LogP contribution in [0.3, 0.4) is 0 Å². The topological polar surface area (TPSA) is 54.9 Å². The van der Waals surface area contributed by atoms with Crippen LogP contribution in [0.15, 0.2) is 35.6 Å². The Bertz CT molecular complexity index is 998. The van der Waals surface area contributed by atoms with Crippen LogP contribution in [0.5, 0.6) is 0 Å². The maximum Gasteiger partial charge on any atom is 0.233 e. The zero-order valence-electron chi connectivity index (χ0n) is 15.8. The van der Waals surface area contributed by atoms with E-state index < -0.39 is 0 Å². The highest BCUT2D eigenvalue weighted by Gasteiger charge is 2.25. The molecule has 0 saturated carbocycles. The molecule has 140 valence electrons. The van der Waals surface area contributed by atoms with Gasteiger partial charge in [0.1, 0.15) is 16.2 Å². The number of fused-ring (bicyclic) bond motifs is 2. The van der Waals surface area contributed by atoms with Crippen LogP contribution >= 0.6 is 23.1 Å². The van der Waals surface area contributed by atoms with Gasteiger partial charge in [-0.15, -0.1) is 11.3 Å². The smallest absolute Gasteiger partial charge is 0.233 e. The van der Waals surface area contributed by atoms with Crippen LogP contribution in [-0.2, 0) is 11.2 Å². The fraction of sp³-hybridized carbons (Fsp3) is 0.381. The predicted molar refractivity (Wildman–Crippen MR) is 112 cm³/mol. The van der Waals surface area contributed by atoms with Crippen LogP contribution in [0.25, 0.3) is 10.2 Å². The lowest BCUT2D eigenvalue weighted by Gasteiger charge is -2.27. The highest BCUT2D eigenvalue weighted by Crippen LogP contribution is 2.36. The van der Waals surface area contributed by atoms with Crippen molar-refractivity contribution in [2.24, 2.45) is 0 Å². The van der Waals surface area contributed by atoms with Crippen LogP contribution in [-0.4, -0.2) is 21.1 Å². The van der Waals surface area contributed by atoms with E-state index in [9.17, 15) is 4.79 Å². The van der Waals surface area contributed by atoms with Crippen molar-refractivity contribution < 1.29 is 4.79 Å². The van der Waals surface area contributed by atoms with Gasteiger partial charge < -0.3 is 5.32 Å². The Kier molecular flexibility index (Phi) is 5.19. The second-order valence-corrected chi connectivity index (χ2v) is 9.59. The zero-order chi connectivity index (χ0) is 19.0. The molecule has 0 bridgehead atoms. The minimum atomic E-state index is -0.211. The van der Waals surface area contributed by atoms with Gasteiger partial charge in [0, 0.05) is 10.3 Å². The zero-order valence-corrected chi connectivity index (χ0v) is 17.4. The summed E-state index contributed by atoms with van der Waals surface area (Å²) in [6, 6.07) is 8.56. The fourth-order valence-electron chi connectivity index (χ4n) is 3.65. The first kappa shape index (κ1) is 18.4. The summed E-state index contributed by atoms with van der Waals surface area (Å²) >= 11 is 3.21. The van der Waals surface area contributed by atoms with E-state index in [1.54, 1.807) is 17.7 Å². The van der Waals surface area contributed by atoms with Crippen LogP contribution < -0.4 is 5.32 Å². The van der Waals surface area contributed by atoms with E-state index in [4.69, 9.17) is 0 Å². The quantitative estimate of drug-likeness (QED) is 0.498. The van der Waals surface area contributed by atoms with Crippen molar-refractivity contribution in [2.45, 2.75) is 56.4 Å². The predicted octanol–water partition coefficient (Wildman–Crippen LogP) is 4.98. The summed E-state index contributed by atoms with van der Waals surface area (Å²) in [5.41, 5.74) is 3.84. The number of amides is 1. The van der Waals surface area contributed by atoms with Crippen LogP contribution in [0.1, 0.15) is 47.4 Å². The number of aromatic nitrogens is 2. The highest BCUT2D eigenvalue weighted by molar-refractivity contribution is 8.00. The molecule has 6 heteroatoms. The molecule has 27 heavy (non-hydrogen) atoms. The Balaban J connectivity index is 1.51. The first-order valence-corrected chi connectivity index (χ1v) is 11.0. The van der Waals surface area contributed by atoms with Crippen molar-refractivity contribution >= 4 is 39.2 Å². The molecule has 0 fully saturated rings. The van der Waals surface area contributed by atoms with Gasteiger partial charge in [0.25, 0.3) is 0 Å². The molecule has 1 aromatic carbocycles. The standard InChI is InChI=1S/C21H23N3OS2/c1-12-13(2)26-20-18(12)21(23-11-22-20)27-14(3)19(25)24-17-10-6-8-15-7-4-5-9-16(15)17/h4-5,7,9,11,14,17H,6,8,10H2,1-3H3,(H,24,25)/t14-,17+/m0/s1. The van der Waals surface area contributed by atoms with Gasteiger partial charge in [-0.2, -0.15) is 0 Å². The minimum Gasteiger partial charge on any atom is -0.348 e. The van der Waals surface area contributed by atoms with Crippen molar-refractivity contribution in [1.29, 1.82) is 0 Å². The minimum absolute atomic E-state index is 0.0677. The molecule has 4 nitrogen and oxygen atoms in total. The Hall–Kier alpha value is -1.92. The van der Waals surface area contributed by atoms with E-state index in [1.165, 1.54) is 33.3 Å². The normalized spacial score (nSPS) is 17.5. The Morgan fingerprint density at radius 3 is 2.96 bits per heavy atom. The molecule has 2 heterocycles. The van der Waals surface area contributed by atoms with Gasteiger partial charge in [-0.3, -0.25) is 4.79 Å². The van der Waals surface area contributed by atoms with E-state index in [0.717, 1.165) is 34.5 Å². The summed E-state index contributed by atoms with van der Waals surface area (Å²) in [6.07, 6.45) is 4.81. The SMILES string of the molecule is Cc1sc2ncnc(S[C@@H](C)C(=O)N[C@@H]3CCCc4ccccc43)c2c1C. The molecular weight excluding hydrogens is 374 g/mol. The van der Waals surface area contributed by atoms with Crippen LogP contribution in [0.4, 0.5) is 0 Å². The number of rotatable bonds is 4. The molecule has 2 atom stereocenters. The third-order valence-corrected chi connectivity index (χ3v) is 7.49. The average Bonchev–Trinajstić information content (AvgIpc) is 2.97. The van der Waals surface area contributed by atoms with Gasteiger partial charge in [-0.25, -0.2) is 9.97 Å². The van der Waals surface area contributed by atoms with Gasteiger partial charge in [0.2, 0.25) is 5.91 Å². The van der Waals surface area contributed by atoms with E-state index in [1.807, 2.05) is 6.92 Å². The number of benzene rings is 1. The van der Waals surface area contributed by atoms with E-state index in [-0.39, 0.29) is 17.2 Å². The van der Waals surface area contributed by atoms with Gasteiger partial charge in [0.05, 0.1) is 11.3 Å². The number of hydrogen-bond donors (Lipinski definition) is 1. The molecular formula is C21H23N3OS2. The monoisotopic (exact) mass is 397 g/mol. The maximum atomic E-state index is 12.9. The summed E-state index contributed by atoms with van der Waals surface area (Å²) in [7, 11) is 0. The van der Waals surface area contributed by atoms with E-state index >= 15 is 0 Å². The number of carbonyl (C=O) groups is 1. The molecule has 2 aromatic heterocycles. The number of nitrogens with zero attached hydrogens (tertiary/aromatic N) is 2. The van der Waals surface area contributed by atoms with Gasteiger partial charge in [-0.1, -0.05) is 36.0 Å². The summed E-state index contributed by atoms with van der Waals surface area (Å²) in [5.74, 6) is 0.0677. The van der Waals surface area contributed by atoms with Crippen molar-refractivity contribution in [1.82, 2.24) is 15.3 Å². The Labute approximate surface area is 167 Å². The van der Waals surface area contributed by atoms with Crippen molar-refractivity contribution in [3.05, 3.63) is 52.2 Å². The third-order valence-electron chi connectivity index (χ3n) is 5.27. The first-order valence-electron chi connectivity index (χ1n) is 9.30. The van der Waals surface area contributed by atoms with Crippen molar-refractivity contribution in [3.63, 3.8) is 0 Å². The summed E-state index contributed by atoms with van der Waals surface area (Å²) < 4.78 is 0. The van der Waals surface area contributed by atoms with Crippen LogP contribution in [0.2, 0.25) is 0 Å².